The molecule has 0 spiro atoms. The van der Waals surface area contributed by atoms with Gasteiger partial charge in [0.25, 0.3) is 0 Å². The van der Waals surface area contributed by atoms with Crippen LogP contribution in [0.15, 0.2) is 24.3 Å². The summed E-state index contributed by atoms with van der Waals surface area (Å²) in [5.74, 6) is 0. The predicted octanol–water partition coefficient (Wildman–Crippen LogP) is 2.16. The van der Waals surface area contributed by atoms with Gasteiger partial charge in [0.05, 0.1) is 0 Å². The molecule has 0 aromatic carbocycles. The number of hydrogen-bond donors (Lipinski definition) is 0. The molecule has 0 saturated carbocycles. The lowest BCUT2D eigenvalue weighted by Crippen LogP contribution is -1.49. The molecule has 0 atom stereocenters. The van der Waals surface area contributed by atoms with Crippen LogP contribution < -0.4 is 0 Å². The van der Waals surface area contributed by atoms with E-state index in [9.17, 15) is 0 Å². The van der Waals surface area contributed by atoms with Gasteiger partial charge in [-0.25, -0.2) is 0 Å². The van der Waals surface area contributed by atoms with E-state index >= 15 is 0 Å². The monoisotopic (exact) mass is 94.1 g/mol. The van der Waals surface area contributed by atoms with E-state index in [0.717, 1.165) is 6.42 Å². The zero-order valence-electron chi connectivity index (χ0n) is 4.43. The van der Waals surface area contributed by atoms with Crippen molar-refractivity contribution < 1.29 is 0 Å². The molecule has 0 aliphatic carbocycles. The first-order chi connectivity index (χ1) is 3.41. The Morgan fingerprint density at radius 3 is 2.43 bits per heavy atom. The first-order valence-corrected chi connectivity index (χ1v) is 2.32. The van der Waals surface area contributed by atoms with Crippen molar-refractivity contribution in [2.45, 2.75) is 6.42 Å². The Bertz CT molecular complexity index is 68.1. The third kappa shape index (κ3) is 5.48. The van der Waals surface area contributed by atoms with Crippen LogP contribution in [-0.2, 0) is 0 Å². The molecule has 0 rings (SSSR count). The highest BCUT2D eigenvalue weighted by Gasteiger charge is 1.58. The second-order valence-corrected chi connectivity index (χ2v) is 1.14. The molecule has 0 aromatic heterocycles. The first-order valence-electron chi connectivity index (χ1n) is 2.32. The summed E-state index contributed by atoms with van der Waals surface area (Å²) < 4.78 is 0. The third-order valence-corrected chi connectivity index (χ3v) is 0.550. The molecule has 0 fully saturated rings. The molecule has 0 bridgehead atoms. The smallest absolute Gasteiger partial charge is 0.0313 e. The van der Waals surface area contributed by atoms with Crippen molar-refractivity contribution in [3.05, 3.63) is 38.2 Å². The van der Waals surface area contributed by atoms with Gasteiger partial charge < -0.3 is 0 Å². The molecule has 0 N–H and O–H groups in total. The Balaban J connectivity index is 3.09. The summed E-state index contributed by atoms with van der Waals surface area (Å²) in [6.45, 7) is 7.12. The largest absolute Gasteiger partial charge is 0.0845 e. The van der Waals surface area contributed by atoms with Crippen LogP contribution in [0.5, 0.6) is 0 Å². The average Bonchev–Trinajstić information content (AvgIpc) is 1.69. The summed E-state index contributed by atoms with van der Waals surface area (Å²) in [6.07, 6.45) is 8.38. The van der Waals surface area contributed by atoms with Crippen LogP contribution in [0.3, 0.4) is 0 Å². The molecule has 0 aliphatic rings. The highest BCUT2D eigenvalue weighted by Crippen LogP contribution is 1.78. The van der Waals surface area contributed by atoms with E-state index in [1.807, 2.05) is 18.2 Å². The molecule has 0 nitrogen and oxygen atoms in total. The fraction of sp³-hybridized carbons (Fsp3) is 0.143. The molecule has 0 heteroatoms. The molecule has 0 aliphatic heterocycles. The Kier molecular flexibility index (Phi) is 5.07. The summed E-state index contributed by atoms with van der Waals surface area (Å²) in [5, 5.41) is 0. The molecular formula is C7H10. The van der Waals surface area contributed by atoms with Gasteiger partial charge >= 0.3 is 0 Å². The lowest BCUT2D eigenvalue weighted by atomic mass is 10.4. The standard InChI is InChI=1S/C7H10/c1-3-5-7-6-4-2/h3,5-7H,1-2,4H2. The van der Waals surface area contributed by atoms with Crippen LogP contribution in [0.1, 0.15) is 6.42 Å². The molecule has 0 heterocycles. The van der Waals surface area contributed by atoms with Gasteiger partial charge in [-0.3, -0.25) is 0 Å². The van der Waals surface area contributed by atoms with E-state index in [1.165, 1.54) is 0 Å². The van der Waals surface area contributed by atoms with Crippen LogP contribution in [0, 0.1) is 13.8 Å². The summed E-state index contributed by atoms with van der Waals surface area (Å²) in [6, 6.07) is 0. The lowest BCUT2D eigenvalue weighted by Gasteiger charge is -1.70. The molecule has 7 heavy (non-hydrogen) atoms. The topological polar surface area (TPSA) is 0 Å². The highest BCUT2D eigenvalue weighted by molar-refractivity contribution is 5.03. The van der Waals surface area contributed by atoms with Crippen molar-refractivity contribution in [2.75, 3.05) is 0 Å². The minimum Gasteiger partial charge on any atom is -0.0845 e. The maximum atomic E-state index is 3.62. The van der Waals surface area contributed by atoms with Gasteiger partial charge in [0.2, 0.25) is 0 Å². The number of hydrogen-bond acceptors (Lipinski definition) is 0. The lowest BCUT2D eigenvalue weighted by molar-refractivity contribution is 1.40. The first kappa shape index (κ1) is 6.48. The number of allylic oxidation sites excluding steroid dienone is 4. The third-order valence-electron chi connectivity index (χ3n) is 0.550. The average molecular weight is 94.2 g/mol. The number of rotatable bonds is 2. The Labute approximate surface area is 45.5 Å². The fourth-order valence-corrected chi connectivity index (χ4v) is 0.253. The van der Waals surface area contributed by atoms with Crippen LogP contribution >= 0.6 is 0 Å². The molecule has 2 radical (unpaired) electrons. The van der Waals surface area contributed by atoms with E-state index in [4.69, 9.17) is 0 Å². The van der Waals surface area contributed by atoms with Crippen LogP contribution in [0.4, 0.5) is 0 Å². The molecule has 0 amide bonds. The van der Waals surface area contributed by atoms with E-state index in [1.54, 1.807) is 6.08 Å². The van der Waals surface area contributed by atoms with Crippen molar-refractivity contribution >= 4 is 0 Å². The van der Waals surface area contributed by atoms with Gasteiger partial charge in [-0.15, -0.1) is 0 Å². The van der Waals surface area contributed by atoms with Gasteiger partial charge in [-0.05, 0) is 20.3 Å². The Hall–Kier alpha value is -0.520. The van der Waals surface area contributed by atoms with Gasteiger partial charge in [0, 0.05) is 0 Å². The molecule has 0 saturated heterocycles. The highest BCUT2D eigenvalue weighted by atomic mass is 13.6. The summed E-state index contributed by atoms with van der Waals surface area (Å²) in [4.78, 5) is 0. The normalized spacial score (nSPS) is 11.7. The van der Waals surface area contributed by atoms with Crippen molar-refractivity contribution in [2.24, 2.45) is 0 Å². The maximum Gasteiger partial charge on any atom is -0.0313 e. The van der Waals surface area contributed by atoms with E-state index in [0.29, 0.717) is 0 Å². The zero-order chi connectivity index (χ0) is 5.54. The molecule has 0 aromatic rings. The van der Waals surface area contributed by atoms with Crippen molar-refractivity contribution in [1.29, 1.82) is 0 Å². The van der Waals surface area contributed by atoms with Gasteiger partial charge in [0.15, 0.2) is 0 Å². The second kappa shape index (κ2) is 5.48. The molecular weight excluding hydrogens is 84.1 g/mol. The Morgan fingerprint density at radius 1 is 1.29 bits per heavy atom. The van der Waals surface area contributed by atoms with Crippen molar-refractivity contribution in [1.82, 2.24) is 0 Å². The van der Waals surface area contributed by atoms with Crippen molar-refractivity contribution in [3.8, 4) is 0 Å². The second-order valence-electron chi connectivity index (χ2n) is 1.14. The van der Waals surface area contributed by atoms with E-state index in [2.05, 4.69) is 13.8 Å². The minimum atomic E-state index is 0.852. The van der Waals surface area contributed by atoms with E-state index < -0.39 is 0 Å². The molecule has 38 valence electrons. The van der Waals surface area contributed by atoms with Crippen LogP contribution in [0.2, 0.25) is 0 Å². The van der Waals surface area contributed by atoms with Crippen LogP contribution in [0.25, 0.3) is 0 Å². The summed E-state index contributed by atoms with van der Waals surface area (Å²) >= 11 is 0. The predicted molar refractivity (Wildman–Crippen MR) is 33.6 cm³/mol. The van der Waals surface area contributed by atoms with Crippen LogP contribution in [-0.4, -0.2) is 0 Å². The summed E-state index contributed by atoms with van der Waals surface area (Å²) in [7, 11) is 0. The summed E-state index contributed by atoms with van der Waals surface area (Å²) in [5.41, 5.74) is 0. The fourth-order valence-electron chi connectivity index (χ4n) is 0.253. The van der Waals surface area contributed by atoms with Crippen molar-refractivity contribution in [3.63, 3.8) is 0 Å². The minimum absolute atomic E-state index is 0.852. The van der Waals surface area contributed by atoms with Gasteiger partial charge in [0.1, 0.15) is 0 Å². The van der Waals surface area contributed by atoms with Gasteiger partial charge in [-0.1, -0.05) is 24.3 Å². The zero-order valence-corrected chi connectivity index (χ0v) is 4.43. The SMILES string of the molecule is [CH2]C=CC=CC[CH2]. The van der Waals surface area contributed by atoms with Gasteiger partial charge in [-0.2, -0.15) is 0 Å². The molecule has 0 unspecified atom stereocenters. The quantitative estimate of drug-likeness (QED) is 0.460. The van der Waals surface area contributed by atoms with E-state index in [-0.39, 0.29) is 0 Å². The maximum absolute atomic E-state index is 3.62. The Morgan fingerprint density at radius 2 is 2.00 bits per heavy atom.